The standard InChI is InChI=1S/C22H24F3NO2/c1-2-3-4-5-6-7-16-27-21-15-12-19(26-17-21)11-8-18-9-13-20(14-10-18)28-22(23,24)25/h9-10,12-15,17H,2-7,16H2,1H3. The van der Waals surface area contributed by atoms with E-state index < -0.39 is 6.36 Å². The van der Waals surface area contributed by atoms with Crippen LogP contribution in [0.15, 0.2) is 42.6 Å². The largest absolute Gasteiger partial charge is 0.573 e. The average Bonchev–Trinajstić information content (AvgIpc) is 2.66. The molecule has 3 nitrogen and oxygen atoms in total. The molecule has 0 radical (unpaired) electrons. The summed E-state index contributed by atoms with van der Waals surface area (Å²) in [7, 11) is 0. The van der Waals surface area contributed by atoms with Crippen LogP contribution in [0.1, 0.15) is 56.7 Å². The number of ether oxygens (including phenoxy) is 2. The number of unbranched alkanes of at least 4 members (excludes halogenated alkanes) is 5. The molecule has 150 valence electrons. The second-order valence-corrected chi connectivity index (χ2v) is 6.32. The molecule has 1 aromatic carbocycles. The number of aromatic nitrogens is 1. The van der Waals surface area contributed by atoms with Gasteiger partial charge in [-0.25, -0.2) is 4.98 Å². The fourth-order valence-electron chi connectivity index (χ4n) is 2.49. The lowest BCUT2D eigenvalue weighted by Crippen LogP contribution is -2.16. The summed E-state index contributed by atoms with van der Waals surface area (Å²) in [4.78, 5) is 4.23. The molecule has 28 heavy (non-hydrogen) atoms. The van der Waals surface area contributed by atoms with Crippen LogP contribution < -0.4 is 9.47 Å². The summed E-state index contributed by atoms with van der Waals surface area (Å²) in [6, 6.07) is 8.95. The minimum absolute atomic E-state index is 0.275. The molecule has 0 spiro atoms. The normalized spacial score (nSPS) is 10.9. The monoisotopic (exact) mass is 391 g/mol. The van der Waals surface area contributed by atoms with Crippen LogP contribution in [0.25, 0.3) is 0 Å². The molecule has 1 heterocycles. The first-order valence-corrected chi connectivity index (χ1v) is 9.43. The lowest BCUT2D eigenvalue weighted by atomic mass is 10.1. The van der Waals surface area contributed by atoms with E-state index >= 15 is 0 Å². The number of pyridine rings is 1. The molecule has 0 amide bonds. The number of alkyl halides is 3. The number of benzene rings is 1. The Morgan fingerprint density at radius 3 is 2.18 bits per heavy atom. The Bertz CT molecular complexity index is 760. The first-order valence-electron chi connectivity index (χ1n) is 9.43. The van der Waals surface area contributed by atoms with Crippen molar-refractivity contribution >= 4 is 0 Å². The van der Waals surface area contributed by atoms with Crippen molar-refractivity contribution in [3.8, 4) is 23.3 Å². The zero-order chi connectivity index (χ0) is 20.2. The molecule has 6 heteroatoms. The summed E-state index contributed by atoms with van der Waals surface area (Å²) in [5.41, 5.74) is 1.13. The van der Waals surface area contributed by atoms with Gasteiger partial charge < -0.3 is 9.47 Å². The second kappa shape index (κ2) is 11.2. The molecule has 0 N–H and O–H groups in total. The van der Waals surface area contributed by atoms with Gasteiger partial charge in [0.1, 0.15) is 17.2 Å². The Hall–Kier alpha value is -2.68. The molecule has 0 aliphatic carbocycles. The second-order valence-electron chi connectivity index (χ2n) is 6.32. The van der Waals surface area contributed by atoms with Gasteiger partial charge in [0, 0.05) is 5.56 Å². The average molecular weight is 391 g/mol. The molecule has 0 atom stereocenters. The first-order chi connectivity index (χ1) is 13.5. The molecule has 0 bridgehead atoms. The SMILES string of the molecule is CCCCCCCCOc1ccc(C#Cc2ccc(OC(F)(F)F)cc2)nc1. The number of rotatable bonds is 9. The third-order valence-corrected chi connectivity index (χ3v) is 3.93. The maximum absolute atomic E-state index is 12.1. The van der Waals surface area contributed by atoms with E-state index in [0.29, 0.717) is 23.6 Å². The molecule has 0 unspecified atom stereocenters. The zero-order valence-corrected chi connectivity index (χ0v) is 15.9. The lowest BCUT2D eigenvalue weighted by Gasteiger charge is -2.08. The minimum atomic E-state index is -4.70. The quantitative estimate of drug-likeness (QED) is 0.381. The van der Waals surface area contributed by atoms with Gasteiger partial charge in [-0.2, -0.15) is 0 Å². The van der Waals surface area contributed by atoms with Gasteiger partial charge in [0.15, 0.2) is 0 Å². The van der Waals surface area contributed by atoms with Gasteiger partial charge in [-0.1, -0.05) is 44.9 Å². The van der Waals surface area contributed by atoms with E-state index in [-0.39, 0.29) is 5.75 Å². The Morgan fingerprint density at radius 1 is 0.857 bits per heavy atom. The fraction of sp³-hybridized carbons (Fsp3) is 0.409. The van der Waals surface area contributed by atoms with Crippen molar-refractivity contribution in [3.05, 3.63) is 53.9 Å². The van der Waals surface area contributed by atoms with E-state index in [1.54, 1.807) is 12.3 Å². The Morgan fingerprint density at radius 2 is 1.54 bits per heavy atom. The Kier molecular flexibility index (Phi) is 8.67. The van der Waals surface area contributed by atoms with Crippen molar-refractivity contribution < 1.29 is 22.6 Å². The van der Waals surface area contributed by atoms with Crippen LogP contribution >= 0.6 is 0 Å². The summed E-state index contributed by atoms with van der Waals surface area (Å²) >= 11 is 0. The van der Waals surface area contributed by atoms with Crippen LogP contribution in [0.4, 0.5) is 13.2 Å². The molecule has 0 saturated heterocycles. The molecule has 2 aromatic rings. The number of hydrogen-bond donors (Lipinski definition) is 0. The summed E-state index contributed by atoms with van der Waals surface area (Å²) < 4.78 is 45.9. The molecule has 2 rings (SSSR count). The highest BCUT2D eigenvalue weighted by molar-refractivity contribution is 5.42. The lowest BCUT2D eigenvalue weighted by molar-refractivity contribution is -0.274. The molecule has 0 aliphatic rings. The van der Waals surface area contributed by atoms with Crippen LogP contribution in [0.5, 0.6) is 11.5 Å². The van der Waals surface area contributed by atoms with E-state index in [1.165, 1.54) is 56.4 Å². The number of nitrogens with zero attached hydrogens (tertiary/aromatic N) is 1. The highest BCUT2D eigenvalue weighted by Gasteiger charge is 2.30. The van der Waals surface area contributed by atoms with E-state index in [2.05, 4.69) is 28.5 Å². The van der Waals surface area contributed by atoms with Gasteiger partial charge in [-0.05, 0) is 48.7 Å². The maximum atomic E-state index is 12.1. The van der Waals surface area contributed by atoms with Crippen molar-refractivity contribution in [1.82, 2.24) is 4.98 Å². The summed E-state index contributed by atoms with van der Waals surface area (Å²) in [6.45, 7) is 2.87. The molecular formula is C22H24F3NO2. The van der Waals surface area contributed by atoms with Crippen LogP contribution in [-0.4, -0.2) is 18.0 Å². The molecule has 1 aromatic heterocycles. The van der Waals surface area contributed by atoms with Crippen LogP contribution in [0.2, 0.25) is 0 Å². The molecule has 0 fully saturated rings. The molecular weight excluding hydrogens is 367 g/mol. The van der Waals surface area contributed by atoms with E-state index in [4.69, 9.17) is 4.74 Å². The third kappa shape index (κ3) is 8.81. The Balaban J connectivity index is 1.78. The smallest absolute Gasteiger partial charge is 0.492 e. The summed E-state index contributed by atoms with van der Waals surface area (Å²) in [6.07, 6.45) is 4.19. The first kappa shape index (κ1) is 21.6. The van der Waals surface area contributed by atoms with Crippen molar-refractivity contribution in [2.24, 2.45) is 0 Å². The van der Waals surface area contributed by atoms with Gasteiger partial charge in [0.25, 0.3) is 0 Å². The minimum Gasteiger partial charge on any atom is -0.492 e. The topological polar surface area (TPSA) is 31.4 Å². The molecule has 0 saturated carbocycles. The van der Waals surface area contributed by atoms with Crippen molar-refractivity contribution in [3.63, 3.8) is 0 Å². The van der Waals surface area contributed by atoms with Crippen molar-refractivity contribution in [2.75, 3.05) is 6.61 Å². The van der Waals surface area contributed by atoms with E-state index in [0.717, 1.165) is 6.42 Å². The Labute approximate surface area is 163 Å². The predicted molar refractivity (Wildman–Crippen MR) is 102 cm³/mol. The highest BCUT2D eigenvalue weighted by Crippen LogP contribution is 2.22. The van der Waals surface area contributed by atoms with Gasteiger partial charge in [0.2, 0.25) is 0 Å². The van der Waals surface area contributed by atoms with Crippen LogP contribution in [-0.2, 0) is 0 Å². The van der Waals surface area contributed by atoms with Gasteiger partial charge in [0.05, 0.1) is 12.8 Å². The zero-order valence-electron chi connectivity index (χ0n) is 15.9. The molecule has 0 aliphatic heterocycles. The maximum Gasteiger partial charge on any atom is 0.573 e. The van der Waals surface area contributed by atoms with Crippen LogP contribution in [0.3, 0.4) is 0 Å². The number of halogens is 3. The van der Waals surface area contributed by atoms with E-state index in [9.17, 15) is 13.2 Å². The third-order valence-electron chi connectivity index (χ3n) is 3.93. The summed E-state index contributed by atoms with van der Waals surface area (Å²) in [5, 5.41) is 0. The van der Waals surface area contributed by atoms with Crippen molar-refractivity contribution in [1.29, 1.82) is 0 Å². The fourth-order valence-corrected chi connectivity index (χ4v) is 2.49. The van der Waals surface area contributed by atoms with Crippen molar-refractivity contribution in [2.45, 2.75) is 51.8 Å². The van der Waals surface area contributed by atoms with E-state index in [1.807, 2.05) is 6.07 Å². The van der Waals surface area contributed by atoms with Gasteiger partial charge >= 0.3 is 6.36 Å². The van der Waals surface area contributed by atoms with Gasteiger partial charge in [-0.15, -0.1) is 13.2 Å². The summed E-state index contributed by atoms with van der Waals surface area (Å²) in [5.74, 6) is 6.16. The van der Waals surface area contributed by atoms with Gasteiger partial charge in [-0.3, -0.25) is 0 Å². The van der Waals surface area contributed by atoms with Crippen LogP contribution in [0, 0.1) is 11.8 Å². The number of hydrogen-bond acceptors (Lipinski definition) is 3. The predicted octanol–water partition coefficient (Wildman–Crippen LogP) is 6.12. The highest BCUT2D eigenvalue weighted by atomic mass is 19.4.